The molecule has 3 rings (SSSR count). The van der Waals surface area contributed by atoms with Crippen LogP contribution in [-0.4, -0.2) is 16.1 Å². The molecule has 0 aliphatic carbocycles. The van der Waals surface area contributed by atoms with Crippen molar-refractivity contribution in [2.45, 2.75) is 0 Å². The van der Waals surface area contributed by atoms with Gasteiger partial charge in [0.15, 0.2) is 0 Å². The van der Waals surface area contributed by atoms with Gasteiger partial charge in [-0.3, -0.25) is 4.98 Å². The average Bonchev–Trinajstić information content (AvgIpc) is 2.46. The molecule has 4 heteroatoms. The van der Waals surface area contributed by atoms with Gasteiger partial charge in [0.1, 0.15) is 5.82 Å². The molecule has 0 atom stereocenters. The first-order chi connectivity index (χ1) is 9.63. The van der Waals surface area contributed by atoms with Gasteiger partial charge in [-0.15, -0.1) is 0 Å². The fourth-order valence-corrected chi connectivity index (χ4v) is 2.13. The van der Waals surface area contributed by atoms with Gasteiger partial charge < -0.3 is 5.11 Å². The number of carboxylic acids is 1. The third-order valence-electron chi connectivity index (χ3n) is 3.08. The second kappa shape index (κ2) is 4.74. The van der Waals surface area contributed by atoms with Gasteiger partial charge in [-0.25, -0.2) is 9.18 Å². The summed E-state index contributed by atoms with van der Waals surface area (Å²) in [6.07, 6.45) is 1.70. The van der Waals surface area contributed by atoms with Crippen LogP contribution in [0.4, 0.5) is 4.39 Å². The van der Waals surface area contributed by atoms with Crippen LogP contribution >= 0.6 is 0 Å². The number of carboxylic acid groups (broad SMARTS) is 1. The first-order valence-electron chi connectivity index (χ1n) is 6.02. The largest absolute Gasteiger partial charge is 0.478 e. The molecule has 0 unspecified atom stereocenters. The summed E-state index contributed by atoms with van der Waals surface area (Å²) >= 11 is 0. The quantitative estimate of drug-likeness (QED) is 0.769. The van der Waals surface area contributed by atoms with E-state index in [1.165, 1.54) is 12.1 Å². The Balaban J connectivity index is 2.17. The number of aromatic nitrogens is 1. The number of pyridine rings is 1. The summed E-state index contributed by atoms with van der Waals surface area (Å²) in [5.74, 6) is -1.71. The van der Waals surface area contributed by atoms with Gasteiger partial charge in [-0.2, -0.15) is 0 Å². The number of fused-ring (bicyclic) bond motifs is 1. The molecule has 20 heavy (non-hydrogen) atoms. The van der Waals surface area contributed by atoms with Gasteiger partial charge in [0.05, 0.1) is 11.1 Å². The Morgan fingerprint density at radius 2 is 1.90 bits per heavy atom. The van der Waals surface area contributed by atoms with Crippen molar-refractivity contribution in [1.29, 1.82) is 0 Å². The molecule has 0 saturated carbocycles. The molecule has 0 radical (unpaired) electrons. The summed E-state index contributed by atoms with van der Waals surface area (Å²) in [7, 11) is 0. The van der Waals surface area contributed by atoms with Gasteiger partial charge in [-0.05, 0) is 47.5 Å². The summed E-state index contributed by atoms with van der Waals surface area (Å²) in [6.45, 7) is 0. The molecule has 1 heterocycles. The molecular formula is C16H10FNO2. The van der Waals surface area contributed by atoms with Crippen LogP contribution < -0.4 is 0 Å². The first-order valence-corrected chi connectivity index (χ1v) is 6.02. The van der Waals surface area contributed by atoms with E-state index in [1.54, 1.807) is 12.3 Å². The van der Waals surface area contributed by atoms with E-state index in [1.807, 2.05) is 24.3 Å². The highest BCUT2D eigenvalue weighted by Gasteiger charge is 2.09. The number of hydrogen-bond acceptors (Lipinski definition) is 2. The van der Waals surface area contributed by atoms with Crippen molar-refractivity contribution in [2.75, 3.05) is 0 Å². The molecule has 0 bridgehead atoms. The van der Waals surface area contributed by atoms with Crippen LogP contribution in [0.3, 0.4) is 0 Å². The zero-order valence-corrected chi connectivity index (χ0v) is 10.4. The van der Waals surface area contributed by atoms with Crippen molar-refractivity contribution in [3.05, 3.63) is 66.1 Å². The fourth-order valence-electron chi connectivity index (χ4n) is 2.13. The lowest BCUT2D eigenvalue weighted by Crippen LogP contribution is -1.97. The molecular weight excluding hydrogens is 257 g/mol. The molecule has 3 nitrogen and oxygen atoms in total. The van der Waals surface area contributed by atoms with Crippen molar-refractivity contribution in [3.63, 3.8) is 0 Å². The van der Waals surface area contributed by atoms with Gasteiger partial charge in [-0.1, -0.05) is 12.1 Å². The van der Waals surface area contributed by atoms with E-state index in [4.69, 9.17) is 5.11 Å². The second-order valence-electron chi connectivity index (χ2n) is 4.44. The zero-order chi connectivity index (χ0) is 14.1. The Morgan fingerprint density at radius 3 is 2.70 bits per heavy atom. The molecule has 0 aliphatic heterocycles. The van der Waals surface area contributed by atoms with Crippen LogP contribution in [0.15, 0.2) is 54.7 Å². The number of halogens is 1. The predicted octanol–water partition coefficient (Wildman–Crippen LogP) is 3.74. The lowest BCUT2D eigenvalue weighted by molar-refractivity contribution is 0.0696. The van der Waals surface area contributed by atoms with Crippen molar-refractivity contribution < 1.29 is 14.3 Å². The Kier molecular flexibility index (Phi) is 2.91. The maximum absolute atomic E-state index is 13.5. The van der Waals surface area contributed by atoms with Crippen molar-refractivity contribution in [3.8, 4) is 11.1 Å². The molecule has 98 valence electrons. The van der Waals surface area contributed by atoms with Gasteiger partial charge in [0.25, 0.3) is 0 Å². The highest BCUT2D eigenvalue weighted by atomic mass is 19.1. The summed E-state index contributed by atoms with van der Waals surface area (Å²) in [4.78, 5) is 15.2. The lowest BCUT2D eigenvalue weighted by Gasteiger charge is -2.05. The molecule has 0 spiro atoms. The highest BCUT2D eigenvalue weighted by Crippen LogP contribution is 2.25. The van der Waals surface area contributed by atoms with Gasteiger partial charge >= 0.3 is 5.97 Å². The van der Waals surface area contributed by atoms with Crippen LogP contribution in [0.2, 0.25) is 0 Å². The fraction of sp³-hybridized carbons (Fsp3) is 0. The first kappa shape index (κ1) is 12.3. The number of carbonyl (C=O) groups is 1. The lowest BCUT2D eigenvalue weighted by atomic mass is 10.0. The van der Waals surface area contributed by atoms with Crippen molar-refractivity contribution in [1.82, 2.24) is 4.98 Å². The molecule has 0 saturated heterocycles. The molecule has 1 N–H and O–H groups in total. The molecule has 0 amide bonds. The van der Waals surface area contributed by atoms with Crippen molar-refractivity contribution in [2.24, 2.45) is 0 Å². The highest BCUT2D eigenvalue weighted by molar-refractivity contribution is 5.90. The maximum atomic E-state index is 13.5. The van der Waals surface area contributed by atoms with E-state index in [0.717, 1.165) is 22.5 Å². The van der Waals surface area contributed by atoms with Crippen LogP contribution in [0.25, 0.3) is 22.0 Å². The second-order valence-corrected chi connectivity index (χ2v) is 4.44. The number of hydrogen-bond donors (Lipinski definition) is 1. The Labute approximate surface area is 114 Å². The smallest absolute Gasteiger partial charge is 0.335 e. The maximum Gasteiger partial charge on any atom is 0.335 e. The van der Waals surface area contributed by atoms with E-state index in [2.05, 4.69) is 4.98 Å². The molecule has 3 aromatic rings. The van der Waals surface area contributed by atoms with Gasteiger partial charge in [0, 0.05) is 11.6 Å². The molecule has 2 aromatic carbocycles. The van der Waals surface area contributed by atoms with E-state index in [-0.39, 0.29) is 5.56 Å². The van der Waals surface area contributed by atoms with Gasteiger partial charge in [0.2, 0.25) is 0 Å². The normalized spacial score (nSPS) is 10.7. The van der Waals surface area contributed by atoms with Crippen LogP contribution in [0, 0.1) is 5.82 Å². The minimum atomic E-state index is -1.15. The third-order valence-corrected chi connectivity index (χ3v) is 3.08. The molecule has 0 fully saturated rings. The van der Waals surface area contributed by atoms with E-state index in [0.29, 0.717) is 5.56 Å². The topological polar surface area (TPSA) is 50.2 Å². The number of benzene rings is 2. The molecule has 0 aliphatic rings. The number of nitrogens with zero attached hydrogens (tertiary/aromatic N) is 1. The summed E-state index contributed by atoms with van der Waals surface area (Å²) in [5.41, 5.74) is 2.07. The number of rotatable bonds is 2. The van der Waals surface area contributed by atoms with Crippen LogP contribution in [0.1, 0.15) is 10.4 Å². The van der Waals surface area contributed by atoms with E-state index >= 15 is 0 Å². The predicted molar refractivity (Wildman–Crippen MR) is 74.1 cm³/mol. The van der Waals surface area contributed by atoms with Crippen molar-refractivity contribution >= 4 is 16.9 Å². The van der Waals surface area contributed by atoms with Crippen LogP contribution in [-0.2, 0) is 0 Å². The monoisotopic (exact) mass is 267 g/mol. The van der Waals surface area contributed by atoms with E-state index in [9.17, 15) is 9.18 Å². The average molecular weight is 267 g/mol. The Hall–Kier alpha value is -2.75. The van der Waals surface area contributed by atoms with E-state index < -0.39 is 11.8 Å². The SMILES string of the molecule is O=C(O)c1cc(F)cc(-c2ccc3ncccc3c2)c1. The Morgan fingerprint density at radius 1 is 1.05 bits per heavy atom. The third kappa shape index (κ3) is 2.23. The van der Waals surface area contributed by atoms with Crippen LogP contribution in [0.5, 0.6) is 0 Å². The summed E-state index contributed by atoms with van der Waals surface area (Å²) in [6, 6.07) is 13.0. The summed E-state index contributed by atoms with van der Waals surface area (Å²) in [5, 5.41) is 9.90. The molecule has 1 aromatic heterocycles. The standard InChI is InChI=1S/C16H10FNO2/c17-14-8-12(7-13(9-14)16(19)20)10-3-4-15-11(6-10)2-1-5-18-15/h1-9H,(H,19,20). The zero-order valence-electron chi connectivity index (χ0n) is 10.4. The minimum Gasteiger partial charge on any atom is -0.478 e. The Bertz CT molecular complexity index is 814. The summed E-state index contributed by atoms with van der Waals surface area (Å²) < 4.78 is 13.5. The minimum absolute atomic E-state index is 0.0636. The number of aromatic carboxylic acids is 1.